The molecule has 0 radical (unpaired) electrons. The van der Waals surface area contributed by atoms with E-state index in [9.17, 15) is 20.2 Å². The van der Waals surface area contributed by atoms with Gasteiger partial charge in [-0.2, -0.15) is 0 Å². The molecule has 0 aliphatic heterocycles. The molecule has 98 valence electrons. The predicted molar refractivity (Wildman–Crippen MR) is 61.8 cm³/mol. The van der Waals surface area contributed by atoms with Gasteiger partial charge in [0.05, 0.1) is 25.2 Å². The first-order valence-electron chi connectivity index (χ1n) is 5.00. The van der Waals surface area contributed by atoms with Crippen LogP contribution in [0.3, 0.4) is 0 Å². The van der Waals surface area contributed by atoms with Crippen LogP contribution in [0.5, 0.6) is 11.5 Å². The zero-order valence-electron chi connectivity index (χ0n) is 9.91. The Morgan fingerprint density at radius 1 is 1.11 bits per heavy atom. The van der Waals surface area contributed by atoms with Gasteiger partial charge < -0.3 is 9.47 Å². The third-order valence-corrected chi connectivity index (χ3v) is 2.35. The van der Waals surface area contributed by atoms with Gasteiger partial charge in [-0.3, -0.25) is 20.2 Å². The maximum atomic E-state index is 10.9. The standard InChI is InChI=1S/C10H12N2O6/c1-17-9-5-7(3-4-11(13)14)8(12(15)16)6-10(9)18-2/h5-6H,3-4H2,1-2H3. The molecule has 0 heterocycles. The van der Waals surface area contributed by atoms with E-state index in [1.165, 1.54) is 26.4 Å². The van der Waals surface area contributed by atoms with Crippen molar-refractivity contribution in [2.75, 3.05) is 20.8 Å². The number of ether oxygens (including phenoxy) is 2. The Morgan fingerprint density at radius 3 is 2.11 bits per heavy atom. The molecule has 0 fully saturated rings. The zero-order chi connectivity index (χ0) is 13.7. The van der Waals surface area contributed by atoms with Gasteiger partial charge in [0.2, 0.25) is 6.54 Å². The first-order valence-corrected chi connectivity index (χ1v) is 5.00. The molecule has 0 aliphatic carbocycles. The molecule has 0 amide bonds. The van der Waals surface area contributed by atoms with Gasteiger partial charge in [0.15, 0.2) is 11.5 Å². The number of hydrogen-bond acceptors (Lipinski definition) is 6. The summed E-state index contributed by atoms with van der Waals surface area (Å²) in [6.07, 6.45) is -0.0380. The number of methoxy groups -OCH3 is 2. The quantitative estimate of drug-likeness (QED) is 0.563. The van der Waals surface area contributed by atoms with Crippen molar-refractivity contribution < 1.29 is 19.3 Å². The fourth-order valence-electron chi connectivity index (χ4n) is 1.49. The van der Waals surface area contributed by atoms with Crippen LogP contribution in [-0.4, -0.2) is 30.6 Å². The highest BCUT2D eigenvalue weighted by Gasteiger charge is 2.20. The summed E-state index contributed by atoms with van der Waals surface area (Å²) in [5, 5.41) is 21.2. The summed E-state index contributed by atoms with van der Waals surface area (Å²) in [7, 11) is 2.75. The molecule has 8 heteroatoms. The second kappa shape index (κ2) is 5.80. The molecule has 0 spiro atoms. The Balaban J connectivity index is 3.20. The molecular weight excluding hydrogens is 244 g/mol. The lowest BCUT2D eigenvalue weighted by Crippen LogP contribution is -2.07. The minimum atomic E-state index is -0.600. The maximum Gasteiger partial charge on any atom is 0.276 e. The Hall–Kier alpha value is -2.38. The topological polar surface area (TPSA) is 105 Å². The van der Waals surface area contributed by atoms with E-state index in [4.69, 9.17) is 9.47 Å². The lowest BCUT2D eigenvalue weighted by atomic mass is 10.1. The lowest BCUT2D eigenvalue weighted by molar-refractivity contribution is -0.479. The zero-order valence-corrected chi connectivity index (χ0v) is 9.91. The molecule has 18 heavy (non-hydrogen) atoms. The average molecular weight is 256 g/mol. The first kappa shape index (κ1) is 13.7. The Kier molecular flexibility index (Phi) is 4.41. The van der Waals surface area contributed by atoms with Gasteiger partial charge in [0, 0.05) is 16.9 Å². The molecule has 0 saturated carbocycles. The van der Waals surface area contributed by atoms with Crippen molar-refractivity contribution in [1.29, 1.82) is 0 Å². The van der Waals surface area contributed by atoms with Gasteiger partial charge in [-0.05, 0) is 6.07 Å². The van der Waals surface area contributed by atoms with E-state index in [1.807, 2.05) is 0 Å². The summed E-state index contributed by atoms with van der Waals surface area (Å²) >= 11 is 0. The number of hydrogen-bond donors (Lipinski definition) is 0. The van der Waals surface area contributed by atoms with Crippen LogP contribution in [0.4, 0.5) is 5.69 Å². The Morgan fingerprint density at radius 2 is 1.67 bits per heavy atom. The molecule has 8 nitrogen and oxygen atoms in total. The van der Waals surface area contributed by atoms with Crippen molar-refractivity contribution in [1.82, 2.24) is 0 Å². The van der Waals surface area contributed by atoms with E-state index in [0.29, 0.717) is 5.75 Å². The number of nitro groups is 2. The van der Waals surface area contributed by atoms with E-state index in [2.05, 4.69) is 0 Å². The maximum absolute atomic E-state index is 10.9. The van der Waals surface area contributed by atoms with E-state index in [1.54, 1.807) is 0 Å². The Bertz CT molecular complexity index is 474. The summed E-state index contributed by atoms with van der Waals surface area (Å²) in [5.74, 6) is 0.524. The molecule has 1 rings (SSSR count). The second-order valence-electron chi connectivity index (χ2n) is 3.40. The highest BCUT2D eigenvalue weighted by molar-refractivity contribution is 5.54. The van der Waals surface area contributed by atoms with Gasteiger partial charge in [0.25, 0.3) is 5.69 Å². The monoisotopic (exact) mass is 256 g/mol. The van der Waals surface area contributed by atoms with Crippen molar-refractivity contribution in [3.63, 3.8) is 0 Å². The number of benzene rings is 1. The number of nitrogens with zero attached hydrogens (tertiary/aromatic N) is 2. The van der Waals surface area contributed by atoms with Crippen LogP contribution in [0.25, 0.3) is 0 Å². The lowest BCUT2D eigenvalue weighted by Gasteiger charge is -2.09. The SMILES string of the molecule is COc1cc(CC[N+](=O)[O-])c([N+](=O)[O-])cc1OC. The highest BCUT2D eigenvalue weighted by atomic mass is 16.6. The molecule has 0 N–H and O–H groups in total. The van der Waals surface area contributed by atoms with Crippen molar-refractivity contribution in [3.8, 4) is 11.5 Å². The first-order chi connectivity index (χ1) is 8.49. The van der Waals surface area contributed by atoms with Crippen molar-refractivity contribution in [3.05, 3.63) is 37.9 Å². The fraction of sp³-hybridized carbons (Fsp3) is 0.400. The largest absolute Gasteiger partial charge is 0.493 e. The van der Waals surface area contributed by atoms with Gasteiger partial charge >= 0.3 is 0 Å². The summed E-state index contributed by atoms with van der Waals surface area (Å²) in [6.45, 7) is -0.379. The van der Waals surface area contributed by atoms with Gasteiger partial charge in [-0.25, -0.2) is 0 Å². The third kappa shape index (κ3) is 3.06. The molecule has 1 aromatic rings. The van der Waals surface area contributed by atoms with Crippen LogP contribution in [0.2, 0.25) is 0 Å². The van der Waals surface area contributed by atoms with Crippen LogP contribution in [0.1, 0.15) is 5.56 Å². The molecule has 0 bridgehead atoms. The normalized spacial score (nSPS) is 9.89. The van der Waals surface area contributed by atoms with Crippen LogP contribution < -0.4 is 9.47 Å². The van der Waals surface area contributed by atoms with Gasteiger partial charge in [-0.15, -0.1) is 0 Å². The molecule has 0 aromatic heterocycles. The summed E-state index contributed by atoms with van der Waals surface area (Å²) in [4.78, 5) is 20.1. The number of rotatable bonds is 6. The van der Waals surface area contributed by atoms with E-state index in [0.717, 1.165) is 0 Å². The average Bonchev–Trinajstić information content (AvgIpc) is 2.34. The smallest absolute Gasteiger partial charge is 0.276 e. The van der Waals surface area contributed by atoms with Crippen LogP contribution in [0, 0.1) is 20.2 Å². The fourth-order valence-corrected chi connectivity index (χ4v) is 1.49. The van der Waals surface area contributed by atoms with Crippen LogP contribution >= 0.6 is 0 Å². The molecule has 0 aliphatic rings. The van der Waals surface area contributed by atoms with Crippen LogP contribution in [0.15, 0.2) is 12.1 Å². The minimum Gasteiger partial charge on any atom is -0.493 e. The van der Waals surface area contributed by atoms with Crippen molar-refractivity contribution >= 4 is 5.69 Å². The summed E-state index contributed by atoms with van der Waals surface area (Å²) < 4.78 is 9.95. The van der Waals surface area contributed by atoms with E-state index >= 15 is 0 Å². The van der Waals surface area contributed by atoms with Crippen molar-refractivity contribution in [2.45, 2.75) is 6.42 Å². The predicted octanol–water partition coefficient (Wildman–Crippen LogP) is 1.43. The van der Waals surface area contributed by atoms with Gasteiger partial charge in [-0.1, -0.05) is 0 Å². The highest BCUT2D eigenvalue weighted by Crippen LogP contribution is 2.34. The van der Waals surface area contributed by atoms with Gasteiger partial charge in [0.1, 0.15) is 0 Å². The Labute approximate surface area is 102 Å². The van der Waals surface area contributed by atoms with E-state index < -0.39 is 9.85 Å². The van der Waals surface area contributed by atoms with E-state index in [-0.39, 0.29) is 30.0 Å². The molecule has 1 aromatic carbocycles. The summed E-state index contributed by atoms with van der Waals surface area (Å²) in [6, 6.07) is 2.59. The van der Waals surface area contributed by atoms with Crippen LogP contribution in [-0.2, 0) is 6.42 Å². The molecule has 0 atom stereocenters. The summed E-state index contributed by atoms with van der Waals surface area (Å²) in [5.41, 5.74) is 0.0313. The molecule has 0 saturated heterocycles. The third-order valence-electron chi connectivity index (χ3n) is 2.35. The van der Waals surface area contributed by atoms with Crippen molar-refractivity contribution in [2.24, 2.45) is 0 Å². The second-order valence-corrected chi connectivity index (χ2v) is 3.40. The minimum absolute atomic E-state index is 0.0380. The number of nitro benzene ring substituents is 1. The molecular formula is C10H12N2O6. The molecule has 0 unspecified atom stereocenters.